The third kappa shape index (κ3) is 15.9. The molecule has 8 aromatic rings. The molecule has 0 unspecified atom stereocenters. The summed E-state index contributed by atoms with van der Waals surface area (Å²) in [5.41, 5.74) is 15.5. The fourth-order valence-corrected chi connectivity index (χ4v) is 15.5. The Labute approximate surface area is 538 Å². The summed E-state index contributed by atoms with van der Waals surface area (Å²) in [5.74, 6) is -1.21. The van der Waals surface area contributed by atoms with Gasteiger partial charge in [0, 0.05) is 23.8 Å². The molecule has 4 aromatic heterocycles. The maximum absolute atomic E-state index is 12.5. The summed E-state index contributed by atoms with van der Waals surface area (Å²) in [6.45, 7) is 14.5. The number of furan rings is 3. The van der Waals surface area contributed by atoms with E-state index in [9.17, 15) is 52.8 Å². The van der Waals surface area contributed by atoms with E-state index in [-0.39, 0.29) is 73.7 Å². The molecule has 92 heavy (non-hydrogen) atoms. The molecule has 23 nitrogen and oxygen atoms in total. The van der Waals surface area contributed by atoms with Crippen molar-refractivity contribution in [3.63, 3.8) is 0 Å². The van der Waals surface area contributed by atoms with Crippen molar-refractivity contribution in [2.75, 3.05) is 0 Å². The molecule has 4 aliphatic rings. The van der Waals surface area contributed by atoms with Crippen molar-refractivity contribution < 1.29 is 66.1 Å². The highest BCUT2D eigenvalue weighted by atomic mass is 32.2. The second kappa shape index (κ2) is 26.9. The summed E-state index contributed by atoms with van der Waals surface area (Å²) >= 11 is 0.917. The first-order valence-electron chi connectivity index (χ1n) is 29.2. The molecule has 0 fully saturated rings. The van der Waals surface area contributed by atoms with E-state index < -0.39 is 62.1 Å². The highest BCUT2D eigenvalue weighted by Crippen LogP contribution is 2.37. The summed E-state index contributed by atoms with van der Waals surface area (Å²) in [5, 5.41) is 31.2. The molecule has 12 rings (SSSR count). The number of hydrogen-bond acceptors (Lipinski definition) is 16. The van der Waals surface area contributed by atoms with Crippen LogP contribution in [0.1, 0.15) is 180 Å². The average molecular weight is 1350 g/mol. The number of hydrogen-bond donors (Lipinski definition) is 8. The molecule has 4 heterocycles. The summed E-state index contributed by atoms with van der Waals surface area (Å²) in [4.78, 5) is 49.9. The van der Waals surface area contributed by atoms with Crippen molar-refractivity contribution in [3.8, 4) is 0 Å². The first kappa shape index (κ1) is 68.3. The van der Waals surface area contributed by atoms with Gasteiger partial charge in [0.25, 0.3) is 43.7 Å². The fraction of sp³-hybridized carbons (Fsp3) is 0.312. The molecule has 0 saturated carbocycles. The van der Waals surface area contributed by atoms with E-state index in [0.29, 0.717) is 16.0 Å². The van der Waals surface area contributed by atoms with Crippen molar-refractivity contribution >= 4 is 75.1 Å². The van der Waals surface area contributed by atoms with Gasteiger partial charge in [0.1, 0.15) is 20.6 Å². The maximum Gasteiger partial charge on any atom is 0.287 e. The number of primary sulfonamides is 4. The lowest BCUT2D eigenvalue weighted by molar-refractivity contribution is 0.0896. The van der Waals surface area contributed by atoms with Crippen LogP contribution in [0.15, 0.2) is 130 Å². The average Bonchev–Trinajstić information content (AvgIpc) is 2.56. The van der Waals surface area contributed by atoms with Gasteiger partial charge in [-0.15, -0.1) is 11.3 Å². The number of carbonyl (C=O) groups excluding carboxylic acids is 4. The van der Waals surface area contributed by atoms with Gasteiger partial charge in [-0.1, -0.05) is 95.1 Å². The van der Waals surface area contributed by atoms with Crippen LogP contribution < -0.4 is 41.8 Å². The number of aryl methyl sites for hydroxylation is 12. The number of fused-ring (bicyclic) bond motifs is 4. The highest BCUT2D eigenvalue weighted by molar-refractivity contribution is 7.91. The standard InChI is InChI=1S/3C16H18N2O4S.C16H18N2O3S2/c1-9-3-5-12-11(7-9)4-6-14(12)18-16(19)13-8-15(22-10(13)2)23(17,20)21;1-9-3-5-12-11(7-9)4-6-13(12)18-16(19)14-8-15(10(2)22-14)23(17,20)21;2*1-9-3-5-12-11(7-9)4-6-13(12)18-16(19)15-10(2)8-14(22-15)23(17,20)21/h3,5,7-8,14H,4,6H2,1-2H3,(H,18,19)(H2,17,20,21);3*3,5,7-8,13H,4,6H2,1-2H3,(H,18,19)(H2,17,20,21)/t14-;3*13-/m1111/s1. The molecule has 28 heteroatoms. The van der Waals surface area contributed by atoms with Crippen molar-refractivity contribution in [2.45, 2.75) is 150 Å². The Kier molecular flexibility index (Phi) is 20.0. The lowest BCUT2D eigenvalue weighted by Crippen LogP contribution is -2.27. The zero-order valence-electron chi connectivity index (χ0n) is 51.7. The van der Waals surface area contributed by atoms with Gasteiger partial charge in [0.2, 0.25) is 30.2 Å². The normalized spacial score (nSPS) is 17.1. The van der Waals surface area contributed by atoms with Crippen molar-refractivity contribution in [3.05, 3.63) is 208 Å². The summed E-state index contributed by atoms with van der Waals surface area (Å²) in [6, 6.07) is 29.5. The van der Waals surface area contributed by atoms with E-state index in [2.05, 4.69) is 58.5 Å². The van der Waals surface area contributed by atoms with Crippen LogP contribution in [0.25, 0.3) is 0 Å². The summed E-state index contributed by atoms with van der Waals surface area (Å²) in [6.07, 6.45) is 6.96. The van der Waals surface area contributed by atoms with Crippen LogP contribution in [0.5, 0.6) is 0 Å². The van der Waals surface area contributed by atoms with Gasteiger partial charge in [-0.2, -0.15) is 0 Å². The monoisotopic (exact) mass is 1350 g/mol. The van der Waals surface area contributed by atoms with Crippen molar-refractivity contribution in [1.82, 2.24) is 21.3 Å². The van der Waals surface area contributed by atoms with E-state index in [1.165, 1.54) is 82.6 Å². The van der Waals surface area contributed by atoms with E-state index in [0.717, 1.165) is 85.0 Å². The molecular formula is C64H72N8O15S5. The van der Waals surface area contributed by atoms with Crippen LogP contribution >= 0.6 is 11.3 Å². The molecule has 4 amide bonds. The first-order chi connectivity index (χ1) is 43.0. The van der Waals surface area contributed by atoms with E-state index >= 15 is 0 Å². The quantitative estimate of drug-likeness (QED) is 0.0570. The molecule has 4 atom stereocenters. The number of sulfonamides is 4. The topological polar surface area (TPSA) is 396 Å². The van der Waals surface area contributed by atoms with Gasteiger partial charge in [0.05, 0.1) is 34.6 Å². The Bertz CT molecular complexity index is 4370. The molecule has 0 spiro atoms. The molecule has 0 aliphatic heterocycles. The molecule has 488 valence electrons. The van der Waals surface area contributed by atoms with Gasteiger partial charge < -0.3 is 34.5 Å². The van der Waals surface area contributed by atoms with Crippen LogP contribution in [-0.2, 0) is 65.8 Å². The van der Waals surface area contributed by atoms with Crippen LogP contribution in [0.3, 0.4) is 0 Å². The number of amides is 4. The van der Waals surface area contributed by atoms with Crippen LogP contribution in [0, 0.1) is 55.4 Å². The molecule has 0 radical (unpaired) electrons. The molecular weight excluding hydrogens is 1280 g/mol. The molecule has 0 saturated heterocycles. The largest absolute Gasteiger partial charge is 0.455 e. The van der Waals surface area contributed by atoms with Crippen LogP contribution in [-0.4, -0.2) is 57.3 Å². The van der Waals surface area contributed by atoms with Gasteiger partial charge >= 0.3 is 0 Å². The maximum atomic E-state index is 12.5. The van der Waals surface area contributed by atoms with E-state index in [1.807, 2.05) is 63.2 Å². The minimum absolute atomic E-state index is 0.0163. The number of benzene rings is 4. The molecule has 4 aromatic carbocycles. The number of rotatable bonds is 12. The number of nitrogens with one attached hydrogen (secondary N) is 4. The van der Waals surface area contributed by atoms with E-state index in [1.54, 1.807) is 13.8 Å². The number of nitrogens with two attached hydrogens (primary N) is 4. The Morgan fingerprint density at radius 3 is 1.16 bits per heavy atom. The van der Waals surface area contributed by atoms with Gasteiger partial charge in [-0.05, 0) is 163 Å². The zero-order valence-corrected chi connectivity index (χ0v) is 55.8. The SMILES string of the molecule is Cc1ccc2c(c1)CC[C@H]2NC(=O)c1cc(S(N)(=O)=O)c(C)o1.Cc1ccc2c(c1)CC[C@H]2NC(=O)c1cc(S(N)(=O)=O)oc1C.Cc1ccc2c(c1)CC[C@H]2NC(=O)c1oc(S(N)(=O)=O)cc1C.Cc1ccc2c(c1)CC[C@H]2NC(=O)c1sc(S(N)(=O)=O)cc1C. The minimum atomic E-state index is -3.97. The Hall–Kier alpha value is -8.06. The third-order valence-corrected chi connectivity index (χ3v) is 21.5. The second-order valence-electron chi connectivity index (χ2n) is 23.5. The van der Waals surface area contributed by atoms with E-state index in [4.69, 9.17) is 33.8 Å². The third-order valence-electron chi connectivity index (χ3n) is 16.3. The predicted molar refractivity (Wildman–Crippen MR) is 344 cm³/mol. The Morgan fingerprint density at radius 2 is 0.804 bits per heavy atom. The Balaban J connectivity index is 0.000000145. The number of carbonyl (C=O) groups is 4. The summed E-state index contributed by atoms with van der Waals surface area (Å²) in [7, 11) is -15.6. The van der Waals surface area contributed by atoms with Crippen molar-refractivity contribution in [2.24, 2.45) is 20.6 Å². The van der Waals surface area contributed by atoms with Crippen LogP contribution in [0.2, 0.25) is 0 Å². The zero-order chi connectivity index (χ0) is 67.1. The fourth-order valence-electron chi connectivity index (χ4n) is 11.8. The second-order valence-corrected chi connectivity index (χ2v) is 30.8. The minimum Gasteiger partial charge on any atom is -0.455 e. The first-order valence-corrected chi connectivity index (χ1v) is 36.2. The number of thiophene rings is 1. The lowest BCUT2D eigenvalue weighted by Gasteiger charge is -2.14. The van der Waals surface area contributed by atoms with Gasteiger partial charge in [-0.3, -0.25) is 19.2 Å². The molecule has 4 aliphatic carbocycles. The lowest BCUT2D eigenvalue weighted by atomic mass is 10.1. The molecule has 12 N–H and O–H groups in total. The van der Waals surface area contributed by atoms with Gasteiger partial charge in [0.15, 0.2) is 11.5 Å². The molecule has 0 bridgehead atoms. The van der Waals surface area contributed by atoms with Gasteiger partial charge in [-0.25, -0.2) is 54.2 Å². The van der Waals surface area contributed by atoms with Crippen molar-refractivity contribution in [1.29, 1.82) is 0 Å². The smallest absolute Gasteiger partial charge is 0.287 e. The highest BCUT2D eigenvalue weighted by Gasteiger charge is 2.32. The Morgan fingerprint density at radius 1 is 0.413 bits per heavy atom. The summed E-state index contributed by atoms with van der Waals surface area (Å²) < 4.78 is 106. The predicted octanol–water partition coefficient (Wildman–Crippen LogP) is 8.31. The van der Waals surface area contributed by atoms with Crippen LogP contribution in [0.4, 0.5) is 0 Å².